The number of pyridine rings is 1. The van der Waals surface area contributed by atoms with Crippen LogP contribution < -0.4 is 21.9 Å². The summed E-state index contributed by atoms with van der Waals surface area (Å²) in [6.07, 6.45) is 3.25. The van der Waals surface area contributed by atoms with Crippen molar-refractivity contribution in [1.29, 1.82) is 0 Å². The maximum absolute atomic E-state index is 13.1. The van der Waals surface area contributed by atoms with E-state index >= 15 is 0 Å². The molecule has 4 heterocycles. The molecule has 42 heavy (non-hydrogen) atoms. The van der Waals surface area contributed by atoms with Gasteiger partial charge in [-0.05, 0) is 11.6 Å². The number of aromatic nitrogens is 2. The topological polar surface area (TPSA) is 222 Å². The number of oxime groups is 1. The van der Waals surface area contributed by atoms with Crippen molar-refractivity contribution in [3.05, 3.63) is 44.7 Å². The molecule has 3 atom stereocenters. The van der Waals surface area contributed by atoms with Crippen molar-refractivity contribution in [2.24, 2.45) is 5.16 Å². The van der Waals surface area contributed by atoms with Crippen LogP contribution >= 0.6 is 58.2 Å². The first kappa shape index (κ1) is 31.9. The van der Waals surface area contributed by atoms with Gasteiger partial charge < -0.3 is 36.8 Å². The fraction of sp³-hybridized carbons (Fsp3) is 0.348. The largest absolute Gasteiger partial charge is 0.543 e. The minimum Gasteiger partial charge on any atom is -0.543 e. The third-order valence-electron chi connectivity index (χ3n) is 6.01. The zero-order valence-electron chi connectivity index (χ0n) is 22.1. The molecule has 2 aliphatic rings. The van der Waals surface area contributed by atoms with E-state index in [9.17, 15) is 29.5 Å². The molecular weight excluding hydrogens is 648 g/mol. The zero-order chi connectivity index (χ0) is 30.7. The number of thiazole rings is 1. The Labute approximate surface area is 261 Å². The van der Waals surface area contributed by atoms with Gasteiger partial charge in [0, 0.05) is 47.8 Å². The van der Waals surface area contributed by atoms with Gasteiger partial charge in [-0.3, -0.25) is 24.3 Å². The van der Waals surface area contributed by atoms with E-state index in [-0.39, 0.29) is 32.5 Å². The summed E-state index contributed by atoms with van der Waals surface area (Å²) in [6, 6.07) is 0.235. The molecule has 0 saturated carbocycles. The highest BCUT2D eigenvalue weighted by Gasteiger charge is 2.53. The summed E-state index contributed by atoms with van der Waals surface area (Å²) in [5.74, 6) is -2.00. The van der Waals surface area contributed by atoms with Gasteiger partial charge in [0.2, 0.25) is 0 Å². The predicted molar refractivity (Wildman–Crippen MR) is 159 cm³/mol. The lowest BCUT2D eigenvalue weighted by Crippen LogP contribution is -2.71. The van der Waals surface area contributed by atoms with E-state index in [1.165, 1.54) is 40.2 Å². The number of nitrogens with zero attached hydrogens (tertiary/aromatic N) is 5. The summed E-state index contributed by atoms with van der Waals surface area (Å²) < 4.78 is 0.0232. The number of quaternary nitrogens is 1. The number of aliphatic carboxylic acids is 1. The SMILES string of the molecule is CN(C)C(=O)[C@@H]([NH3+])CSCc1cnccc1SC1=C(C(=O)[O-])N2C(=O)[C@@H](NC(=O)/C(=N\O)c3nc(N)sc3Cl)[C@H]2SC1. The van der Waals surface area contributed by atoms with Gasteiger partial charge in [0.25, 0.3) is 17.7 Å². The highest BCUT2D eigenvalue weighted by molar-refractivity contribution is 8.06. The number of hydrogen-bond donors (Lipinski definition) is 4. The van der Waals surface area contributed by atoms with Crippen LogP contribution in [0.15, 0.2) is 39.1 Å². The van der Waals surface area contributed by atoms with Gasteiger partial charge in [-0.1, -0.05) is 39.9 Å². The standard InChI is InChI=1S/C23H25ClN8O6S4/c1-31(2)19(34)10(25)7-39-6-9-5-27-4-3-11(9)41-12-8-40-21-15(20(35)32(21)16(12)22(36)37)28-18(33)14(30-38)13-17(24)42-23(26)29-13/h3-5,10,15,21,38H,6-8,25H2,1-2H3,(H2,26,29)(H,28,33)(H,36,37)/b30-14-/t10-,15+,21+/m0/s1. The summed E-state index contributed by atoms with van der Waals surface area (Å²) >= 11 is 10.8. The molecule has 0 unspecified atom stereocenters. The van der Waals surface area contributed by atoms with E-state index in [2.05, 4.69) is 26.2 Å². The minimum atomic E-state index is -1.53. The first-order chi connectivity index (χ1) is 19.9. The van der Waals surface area contributed by atoms with E-state index < -0.39 is 41.0 Å². The number of carboxylic acids is 1. The van der Waals surface area contributed by atoms with Crippen LogP contribution in [0.25, 0.3) is 0 Å². The van der Waals surface area contributed by atoms with E-state index in [1.807, 2.05) is 0 Å². The van der Waals surface area contributed by atoms with Crippen molar-refractivity contribution < 1.29 is 35.2 Å². The molecule has 4 rings (SSSR count). The molecule has 0 spiro atoms. The van der Waals surface area contributed by atoms with Crippen molar-refractivity contribution in [2.75, 3.05) is 31.3 Å². The number of nitrogens with two attached hydrogens (primary N) is 1. The summed E-state index contributed by atoms with van der Waals surface area (Å²) in [6.45, 7) is 0. The smallest absolute Gasteiger partial charge is 0.281 e. The molecule has 2 aromatic rings. The van der Waals surface area contributed by atoms with Gasteiger partial charge in [0.1, 0.15) is 21.4 Å². The number of carbonyl (C=O) groups excluding carboxylic acids is 4. The van der Waals surface area contributed by atoms with Crippen LogP contribution in [0.3, 0.4) is 0 Å². The van der Waals surface area contributed by atoms with Crippen molar-refractivity contribution in [1.82, 2.24) is 25.1 Å². The van der Waals surface area contributed by atoms with Crippen LogP contribution in [0.1, 0.15) is 11.3 Å². The normalized spacial score (nSPS) is 19.2. The molecular formula is C23H25ClN8O6S4. The lowest BCUT2D eigenvalue weighted by molar-refractivity contribution is -0.398. The molecule has 14 nitrogen and oxygen atoms in total. The predicted octanol–water partition coefficient (Wildman–Crippen LogP) is -0.962. The first-order valence-electron chi connectivity index (χ1n) is 12.0. The van der Waals surface area contributed by atoms with Gasteiger partial charge >= 0.3 is 0 Å². The number of thioether (sulfide) groups is 3. The Morgan fingerprint density at radius 3 is 2.79 bits per heavy atom. The highest BCUT2D eigenvalue weighted by Crippen LogP contribution is 2.45. The number of carbonyl (C=O) groups is 4. The average molecular weight is 673 g/mol. The van der Waals surface area contributed by atoms with Crippen LogP contribution in [0.2, 0.25) is 4.34 Å². The minimum absolute atomic E-state index is 0.0232. The Morgan fingerprint density at radius 2 is 2.17 bits per heavy atom. The molecule has 0 aliphatic carbocycles. The van der Waals surface area contributed by atoms with Crippen LogP contribution in [-0.4, -0.2) is 97.4 Å². The number of β-lactam (4-membered cyclic amide) rings is 1. The van der Waals surface area contributed by atoms with Gasteiger partial charge in [-0.2, -0.15) is 11.8 Å². The monoisotopic (exact) mass is 672 g/mol. The van der Waals surface area contributed by atoms with Gasteiger partial charge in [-0.25, -0.2) is 4.98 Å². The average Bonchev–Trinajstić information content (AvgIpc) is 3.28. The van der Waals surface area contributed by atoms with Gasteiger partial charge in [0.05, 0.1) is 17.4 Å². The van der Waals surface area contributed by atoms with Crippen molar-refractivity contribution >= 4 is 92.8 Å². The van der Waals surface area contributed by atoms with E-state index in [4.69, 9.17) is 17.3 Å². The number of nitrogens with one attached hydrogen (secondary N) is 1. The fourth-order valence-corrected chi connectivity index (χ4v) is 8.61. The number of fused-ring (bicyclic) bond motifs is 1. The van der Waals surface area contributed by atoms with Crippen LogP contribution in [0.4, 0.5) is 5.13 Å². The number of carboxylic acid groups (broad SMARTS) is 1. The Balaban J connectivity index is 1.47. The number of hydrogen-bond acceptors (Lipinski definition) is 14. The fourth-order valence-electron chi connectivity index (χ4n) is 4.03. The Bertz CT molecular complexity index is 1480. The molecule has 7 N–H and O–H groups in total. The van der Waals surface area contributed by atoms with E-state index in [0.717, 1.165) is 26.7 Å². The number of amides is 3. The van der Waals surface area contributed by atoms with Gasteiger partial charge in [0.15, 0.2) is 16.9 Å². The van der Waals surface area contributed by atoms with Gasteiger partial charge in [-0.15, -0.1) is 11.8 Å². The second kappa shape index (κ2) is 13.5. The molecule has 1 fully saturated rings. The lowest BCUT2D eigenvalue weighted by atomic mass is 10.0. The summed E-state index contributed by atoms with van der Waals surface area (Å²) in [4.78, 5) is 62.0. The molecule has 2 aliphatic heterocycles. The molecule has 3 amide bonds. The molecule has 0 bridgehead atoms. The van der Waals surface area contributed by atoms with Crippen LogP contribution in [-0.2, 0) is 24.9 Å². The number of anilines is 1. The molecule has 0 aromatic carbocycles. The molecule has 224 valence electrons. The Hall–Kier alpha value is -3.03. The third-order valence-corrected chi connectivity index (χ3v) is 10.9. The number of likely N-dealkylation sites (N-methyl/N-ethyl adjacent to an activating group) is 1. The number of rotatable bonds is 11. The van der Waals surface area contributed by atoms with E-state index in [1.54, 1.807) is 32.6 Å². The second-order valence-electron chi connectivity index (χ2n) is 9.07. The molecule has 2 aromatic heterocycles. The summed E-state index contributed by atoms with van der Waals surface area (Å²) in [5, 5.41) is 26.4. The van der Waals surface area contributed by atoms with Crippen molar-refractivity contribution in [3.63, 3.8) is 0 Å². The van der Waals surface area contributed by atoms with E-state index in [0.29, 0.717) is 16.4 Å². The molecule has 0 radical (unpaired) electrons. The number of nitrogen functional groups attached to an aromatic ring is 1. The quantitative estimate of drug-likeness (QED) is 0.0981. The lowest BCUT2D eigenvalue weighted by Gasteiger charge is -2.50. The third kappa shape index (κ3) is 6.63. The van der Waals surface area contributed by atoms with Crippen LogP contribution in [0, 0.1) is 0 Å². The number of halogens is 1. The summed E-state index contributed by atoms with van der Waals surface area (Å²) in [7, 11) is 3.34. The highest BCUT2D eigenvalue weighted by atomic mass is 35.5. The Kier molecular flexibility index (Phi) is 10.3. The molecule has 19 heteroatoms. The van der Waals surface area contributed by atoms with Crippen molar-refractivity contribution in [2.45, 2.75) is 28.1 Å². The zero-order valence-corrected chi connectivity index (χ0v) is 26.1. The van der Waals surface area contributed by atoms with Crippen molar-refractivity contribution in [3.8, 4) is 0 Å². The Morgan fingerprint density at radius 1 is 1.43 bits per heavy atom. The second-order valence-corrected chi connectivity index (χ2v) is 14.0. The maximum Gasteiger partial charge on any atom is 0.281 e. The molecule has 1 saturated heterocycles. The summed E-state index contributed by atoms with van der Waals surface area (Å²) in [5.41, 5.74) is 9.37. The first-order valence-corrected chi connectivity index (χ1v) is 16.2. The maximum atomic E-state index is 13.1. The van der Waals surface area contributed by atoms with Crippen LogP contribution in [0.5, 0.6) is 0 Å².